The molecule has 6 heteroatoms. The van der Waals surface area contributed by atoms with Crippen LogP contribution in [0.5, 0.6) is 0 Å². The summed E-state index contributed by atoms with van der Waals surface area (Å²) in [6, 6.07) is 1.83. The van der Waals surface area contributed by atoms with Crippen LogP contribution in [0.3, 0.4) is 0 Å². The first-order chi connectivity index (χ1) is 7.99. The highest BCUT2D eigenvalue weighted by Gasteiger charge is 2.16. The molecule has 0 radical (unpaired) electrons. The Bertz CT molecular complexity index is 591. The first-order valence-electron chi connectivity index (χ1n) is 4.97. The molecule has 17 heavy (non-hydrogen) atoms. The number of nitrogens with zero attached hydrogens (tertiary/aromatic N) is 3. The molecule has 0 atom stereocenters. The average molecular weight is 342 g/mol. The van der Waals surface area contributed by atoms with Gasteiger partial charge in [-0.15, -0.1) is 0 Å². The van der Waals surface area contributed by atoms with E-state index in [4.69, 9.17) is 5.73 Å². The lowest BCUT2D eigenvalue weighted by Crippen LogP contribution is -2.18. The van der Waals surface area contributed by atoms with Crippen molar-refractivity contribution in [3.05, 3.63) is 38.9 Å². The van der Waals surface area contributed by atoms with Gasteiger partial charge in [0.05, 0.1) is 15.3 Å². The predicted molar refractivity (Wildman–Crippen MR) is 72.1 cm³/mol. The van der Waals surface area contributed by atoms with Crippen LogP contribution in [0.4, 0.5) is 0 Å². The average Bonchev–Trinajstić information content (AvgIpc) is 2.62. The first-order valence-corrected chi connectivity index (χ1v) is 6.05. The number of carbonyl (C=O) groups is 1. The van der Waals surface area contributed by atoms with E-state index in [1.807, 2.05) is 19.9 Å². The molecule has 0 bridgehead atoms. The Kier molecular flexibility index (Phi) is 3.14. The summed E-state index contributed by atoms with van der Waals surface area (Å²) in [4.78, 5) is 15.8. The van der Waals surface area contributed by atoms with Crippen molar-refractivity contribution in [2.75, 3.05) is 0 Å². The minimum atomic E-state index is -0.490. The lowest BCUT2D eigenvalue weighted by Gasteiger charge is -2.09. The maximum atomic E-state index is 11.5. The van der Waals surface area contributed by atoms with Gasteiger partial charge in [-0.2, -0.15) is 5.10 Å². The number of rotatable bonds is 2. The smallest absolute Gasteiger partial charge is 0.252 e. The predicted octanol–water partition coefficient (Wildman–Crippen LogP) is 1.59. The van der Waals surface area contributed by atoms with Crippen LogP contribution >= 0.6 is 22.6 Å². The normalized spacial score (nSPS) is 10.5. The number of halogens is 1. The number of aromatic nitrogens is 3. The van der Waals surface area contributed by atoms with Gasteiger partial charge in [0.25, 0.3) is 5.91 Å². The van der Waals surface area contributed by atoms with Crippen molar-refractivity contribution in [3.63, 3.8) is 0 Å². The molecule has 2 rings (SSSR count). The van der Waals surface area contributed by atoms with Gasteiger partial charge in [0.2, 0.25) is 0 Å². The summed E-state index contributed by atoms with van der Waals surface area (Å²) in [5, 5.41) is 4.15. The van der Waals surface area contributed by atoms with Crippen molar-refractivity contribution in [2.24, 2.45) is 5.73 Å². The summed E-state index contributed by atoms with van der Waals surface area (Å²) in [5.74, 6) is -0.00609. The first kappa shape index (κ1) is 12.0. The van der Waals surface area contributed by atoms with E-state index in [1.165, 1.54) is 0 Å². The van der Waals surface area contributed by atoms with E-state index in [2.05, 4.69) is 32.7 Å². The third kappa shape index (κ3) is 2.31. The Morgan fingerprint density at radius 3 is 2.71 bits per heavy atom. The zero-order valence-electron chi connectivity index (χ0n) is 9.44. The molecule has 2 aromatic rings. The molecule has 5 nitrogen and oxygen atoms in total. The molecule has 2 aromatic heterocycles. The molecular weight excluding hydrogens is 331 g/mol. The second-order valence-corrected chi connectivity index (χ2v) is 4.99. The number of pyridine rings is 1. The van der Waals surface area contributed by atoms with Crippen LogP contribution in [-0.2, 0) is 0 Å². The molecule has 0 saturated carbocycles. The highest BCUT2D eigenvalue weighted by molar-refractivity contribution is 14.1. The van der Waals surface area contributed by atoms with E-state index in [9.17, 15) is 4.79 Å². The molecule has 0 aromatic carbocycles. The maximum absolute atomic E-state index is 11.5. The van der Waals surface area contributed by atoms with Crippen molar-refractivity contribution in [1.82, 2.24) is 14.8 Å². The van der Waals surface area contributed by atoms with Gasteiger partial charge in [-0.3, -0.25) is 4.79 Å². The number of nitrogens with two attached hydrogens (primary N) is 1. The zero-order valence-corrected chi connectivity index (χ0v) is 11.6. The van der Waals surface area contributed by atoms with E-state index in [-0.39, 0.29) is 0 Å². The maximum Gasteiger partial charge on any atom is 0.252 e. The summed E-state index contributed by atoms with van der Waals surface area (Å²) in [7, 11) is 0. The minimum Gasteiger partial charge on any atom is -0.365 e. The largest absolute Gasteiger partial charge is 0.365 e. The molecule has 1 amide bonds. The molecule has 0 spiro atoms. The number of amides is 1. The molecule has 0 saturated heterocycles. The Hall–Kier alpha value is -1.44. The Balaban J connectivity index is 2.71. The lowest BCUT2D eigenvalue weighted by molar-refractivity contribution is 0.0999. The van der Waals surface area contributed by atoms with E-state index in [0.29, 0.717) is 11.4 Å². The van der Waals surface area contributed by atoms with Crippen LogP contribution < -0.4 is 5.73 Å². The van der Waals surface area contributed by atoms with Crippen LogP contribution in [0.25, 0.3) is 5.82 Å². The standard InChI is InChI=1S/C11H11IN4O/c1-6-3-7(2)15-11(9(6)10(13)17)16-5-8(12)4-14-16/h3-5H,1-2H3,(H2,13,17). The summed E-state index contributed by atoms with van der Waals surface area (Å²) < 4.78 is 2.54. The van der Waals surface area contributed by atoms with Crippen LogP contribution in [0, 0.1) is 17.4 Å². The van der Waals surface area contributed by atoms with Crippen molar-refractivity contribution < 1.29 is 4.79 Å². The Morgan fingerprint density at radius 2 is 2.18 bits per heavy atom. The van der Waals surface area contributed by atoms with Gasteiger partial charge in [0, 0.05) is 11.9 Å². The van der Waals surface area contributed by atoms with E-state index in [1.54, 1.807) is 17.1 Å². The summed E-state index contributed by atoms with van der Waals surface area (Å²) in [6.45, 7) is 3.71. The minimum absolute atomic E-state index is 0.412. The second-order valence-electron chi connectivity index (χ2n) is 3.75. The zero-order chi connectivity index (χ0) is 12.6. The van der Waals surface area contributed by atoms with Gasteiger partial charge in [0.1, 0.15) is 0 Å². The molecule has 0 unspecified atom stereocenters. The van der Waals surface area contributed by atoms with Gasteiger partial charge < -0.3 is 5.73 Å². The number of primary amides is 1. The molecule has 0 aliphatic rings. The van der Waals surface area contributed by atoms with Crippen molar-refractivity contribution >= 4 is 28.5 Å². The highest BCUT2D eigenvalue weighted by Crippen LogP contribution is 2.17. The van der Waals surface area contributed by atoms with Crippen LogP contribution in [0.2, 0.25) is 0 Å². The second kappa shape index (κ2) is 4.44. The molecule has 0 aliphatic heterocycles. The van der Waals surface area contributed by atoms with Crippen molar-refractivity contribution in [2.45, 2.75) is 13.8 Å². The third-order valence-corrected chi connectivity index (χ3v) is 2.90. The molecule has 0 fully saturated rings. The van der Waals surface area contributed by atoms with E-state index < -0.39 is 5.91 Å². The van der Waals surface area contributed by atoms with Crippen LogP contribution in [-0.4, -0.2) is 20.7 Å². The fraction of sp³-hybridized carbons (Fsp3) is 0.182. The summed E-state index contributed by atoms with van der Waals surface area (Å²) in [6.07, 6.45) is 3.50. The third-order valence-electron chi connectivity index (χ3n) is 2.34. The number of aryl methyl sites for hydroxylation is 2. The molecular formula is C11H11IN4O. The fourth-order valence-electron chi connectivity index (χ4n) is 1.70. The van der Waals surface area contributed by atoms with Crippen molar-refractivity contribution in [3.8, 4) is 5.82 Å². The topological polar surface area (TPSA) is 73.8 Å². The number of hydrogen-bond acceptors (Lipinski definition) is 3. The highest BCUT2D eigenvalue weighted by atomic mass is 127. The van der Waals surface area contributed by atoms with Crippen LogP contribution in [0.15, 0.2) is 18.5 Å². The van der Waals surface area contributed by atoms with Gasteiger partial charge >= 0.3 is 0 Å². The molecule has 0 aliphatic carbocycles. The van der Waals surface area contributed by atoms with Gasteiger partial charge in [-0.05, 0) is 48.1 Å². The molecule has 2 heterocycles. The van der Waals surface area contributed by atoms with Crippen molar-refractivity contribution in [1.29, 1.82) is 0 Å². The quantitative estimate of drug-likeness (QED) is 0.843. The monoisotopic (exact) mass is 342 g/mol. The SMILES string of the molecule is Cc1cc(C)c(C(N)=O)c(-n2cc(I)cn2)n1. The summed E-state index contributed by atoms with van der Waals surface area (Å²) in [5.41, 5.74) is 7.44. The summed E-state index contributed by atoms with van der Waals surface area (Å²) >= 11 is 2.15. The van der Waals surface area contributed by atoms with Gasteiger partial charge in [-0.25, -0.2) is 9.67 Å². The Labute approximate surface area is 112 Å². The molecule has 88 valence electrons. The number of carbonyl (C=O) groups excluding carboxylic acids is 1. The van der Waals surface area contributed by atoms with Gasteiger partial charge in [0.15, 0.2) is 5.82 Å². The molecule has 2 N–H and O–H groups in total. The van der Waals surface area contributed by atoms with Crippen LogP contribution in [0.1, 0.15) is 21.6 Å². The fourth-order valence-corrected chi connectivity index (χ4v) is 2.09. The Morgan fingerprint density at radius 1 is 1.47 bits per heavy atom. The van der Waals surface area contributed by atoms with Gasteiger partial charge in [-0.1, -0.05) is 0 Å². The van der Waals surface area contributed by atoms with E-state index in [0.717, 1.165) is 14.8 Å². The lowest BCUT2D eigenvalue weighted by atomic mass is 10.1. The van der Waals surface area contributed by atoms with E-state index >= 15 is 0 Å². The number of hydrogen-bond donors (Lipinski definition) is 1.